The summed E-state index contributed by atoms with van der Waals surface area (Å²) in [7, 11) is 0. The molecule has 2 aromatic rings. The number of hydrogen-bond acceptors (Lipinski definition) is 9. The normalized spacial score (nSPS) is 14.3. The third-order valence-electron chi connectivity index (χ3n) is 6.88. The van der Waals surface area contributed by atoms with Gasteiger partial charge in [0.05, 0.1) is 30.3 Å². The quantitative estimate of drug-likeness (QED) is 0.372. The van der Waals surface area contributed by atoms with Crippen molar-refractivity contribution in [3.8, 4) is 5.75 Å². The molecule has 0 saturated carbocycles. The van der Waals surface area contributed by atoms with Crippen LogP contribution in [0.15, 0.2) is 18.2 Å². The Morgan fingerprint density at radius 3 is 2.21 bits per heavy atom. The number of amides is 3. The first-order valence-electron chi connectivity index (χ1n) is 13.8. The van der Waals surface area contributed by atoms with E-state index in [4.69, 9.17) is 19.9 Å². The van der Waals surface area contributed by atoms with E-state index in [0.717, 1.165) is 5.56 Å². The molecule has 3 N–H and O–H groups in total. The van der Waals surface area contributed by atoms with Crippen LogP contribution in [0.2, 0.25) is 0 Å². The molecule has 3 rings (SSSR count). The second-order valence-corrected chi connectivity index (χ2v) is 10.4. The van der Waals surface area contributed by atoms with Crippen LogP contribution in [0, 0.1) is 6.92 Å². The Morgan fingerprint density at radius 1 is 1.02 bits per heavy atom. The average molecular weight is 587 g/mol. The molecule has 1 aliphatic rings. The summed E-state index contributed by atoms with van der Waals surface area (Å²) in [5.41, 5.74) is 5.23. The number of benzene rings is 1. The van der Waals surface area contributed by atoms with Crippen LogP contribution < -0.4 is 10.5 Å². The number of aryl methyl sites for hydroxylation is 1. The number of aliphatic carboxylic acids is 1. The summed E-state index contributed by atoms with van der Waals surface area (Å²) < 4.78 is 16.4. The number of esters is 1. The van der Waals surface area contributed by atoms with Gasteiger partial charge < -0.3 is 34.9 Å². The lowest BCUT2D eigenvalue weighted by atomic mass is 9.91. The Bertz CT molecular complexity index is 1370. The van der Waals surface area contributed by atoms with E-state index in [0.29, 0.717) is 10.9 Å². The number of carbonyl (C=O) groups excluding carboxylic acids is 4. The number of primary amides is 1. The molecule has 1 atom stereocenters. The molecule has 13 heteroatoms. The number of rotatable bonds is 11. The molecule has 0 radical (unpaired) electrons. The van der Waals surface area contributed by atoms with Crippen molar-refractivity contribution >= 4 is 40.7 Å². The lowest BCUT2D eigenvalue weighted by Crippen LogP contribution is -2.52. The predicted octanol–water partition coefficient (Wildman–Crippen LogP) is 2.61. The number of fused-ring (bicyclic) bond motifs is 1. The fraction of sp³-hybridized carbons (Fsp3) is 0.517. The van der Waals surface area contributed by atoms with E-state index in [1.54, 1.807) is 32.0 Å². The zero-order valence-corrected chi connectivity index (χ0v) is 24.6. The summed E-state index contributed by atoms with van der Waals surface area (Å²) in [6.45, 7) is 9.22. The Morgan fingerprint density at radius 2 is 1.64 bits per heavy atom. The number of carbonyl (C=O) groups is 5. The van der Waals surface area contributed by atoms with Gasteiger partial charge in [-0.05, 0) is 58.7 Å². The molecule has 42 heavy (non-hydrogen) atoms. The minimum atomic E-state index is -1.55. The summed E-state index contributed by atoms with van der Waals surface area (Å²) in [5.74, 6) is -4.50. The second-order valence-electron chi connectivity index (χ2n) is 10.4. The molecule has 1 aliphatic heterocycles. The minimum absolute atomic E-state index is 0.0469. The topological polar surface area (TPSA) is 179 Å². The van der Waals surface area contributed by atoms with Gasteiger partial charge in [0.1, 0.15) is 11.3 Å². The van der Waals surface area contributed by atoms with Crippen LogP contribution >= 0.6 is 0 Å². The Hall–Kier alpha value is -4.42. The van der Waals surface area contributed by atoms with Crippen molar-refractivity contribution in [2.75, 3.05) is 39.4 Å². The Kier molecular flexibility index (Phi) is 10.3. The van der Waals surface area contributed by atoms with Gasteiger partial charge in [0, 0.05) is 38.0 Å². The van der Waals surface area contributed by atoms with Gasteiger partial charge in [-0.25, -0.2) is 9.59 Å². The van der Waals surface area contributed by atoms with Crippen LogP contribution in [0.3, 0.4) is 0 Å². The van der Waals surface area contributed by atoms with E-state index >= 15 is 0 Å². The zero-order chi connectivity index (χ0) is 31.2. The van der Waals surface area contributed by atoms with E-state index in [-0.39, 0.29) is 62.8 Å². The maximum absolute atomic E-state index is 14.0. The van der Waals surface area contributed by atoms with Crippen molar-refractivity contribution in [2.24, 2.45) is 5.73 Å². The summed E-state index contributed by atoms with van der Waals surface area (Å²) >= 11 is 0. The molecule has 1 aromatic heterocycles. The maximum atomic E-state index is 14.0. The van der Waals surface area contributed by atoms with Crippen molar-refractivity contribution < 1.29 is 43.3 Å². The van der Waals surface area contributed by atoms with Gasteiger partial charge in [-0.1, -0.05) is 6.07 Å². The Labute approximate surface area is 243 Å². The fourth-order valence-corrected chi connectivity index (χ4v) is 4.75. The first-order chi connectivity index (χ1) is 19.8. The molecule has 0 spiro atoms. The van der Waals surface area contributed by atoms with E-state index in [9.17, 15) is 29.1 Å². The number of carboxylic acids is 1. The molecule has 1 unspecified atom stereocenters. The lowest BCUT2D eigenvalue weighted by Gasteiger charge is -2.36. The van der Waals surface area contributed by atoms with Gasteiger partial charge in [0.2, 0.25) is 5.91 Å². The SMILES string of the molecule is CCOC(=O)N1CCN(C(=O)C(CCC(=O)O)c2nc3cc(C)ccc3c(OC(C)(C)C(=O)OCC)c2C(N)=O)CC1. The Balaban J connectivity index is 2.16. The highest BCUT2D eigenvalue weighted by molar-refractivity contribution is 6.05. The number of pyridine rings is 1. The molecule has 1 aromatic carbocycles. The average Bonchev–Trinajstić information content (AvgIpc) is 2.92. The van der Waals surface area contributed by atoms with Crippen LogP contribution in [0.5, 0.6) is 5.75 Å². The molecule has 1 fully saturated rings. The largest absolute Gasteiger partial charge is 0.481 e. The highest BCUT2D eigenvalue weighted by Crippen LogP contribution is 2.38. The molecular formula is C29H38N4O9. The van der Waals surface area contributed by atoms with E-state index in [1.807, 2.05) is 6.92 Å². The van der Waals surface area contributed by atoms with Gasteiger partial charge in [-0.2, -0.15) is 0 Å². The van der Waals surface area contributed by atoms with Gasteiger partial charge in [0.25, 0.3) is 5.91 Å². The van der Waals surface area contributed by atoms with Crippen molar-refractivity contribution in [1.29, 1.82) is 0 Å². The minimum Gasteiger partial charge on any atom is -0.481 e. The summed E-state index contributed by atoms with van der Waals surface area (Å²) in [6, 6.07) is 5.17. The maximum Gasteiger partial charge on any atom is 0.409 e. The monoisotopic (exact) mass is 586 g/mol. The van der Waals surface area contributed by atoms with E-state index in [2.05, 4.69) is 4.98 Å². The van der Waals surface area contributed by atoms with Crippen molar-refractivity contribution in [1.82, 2.24) is 14.8 Å². The van der Waals surface area contributed by atoms with Gasteiger partial charge in [0.15, 0.2) is 5.60 Å². The molecule has 228 valence electrons. The van der Waals surface area contributed by atoms with Gasteiger partial charge in [-0.3, -0.25) is 19.4 Å². The molecule has 3 amide bonds. The second kappa shape index (κ2) is 13.5. The molecule has 2 heterocycles. The summed E-state index contributed by atoms with van der Waals surface area (Å²) in [4.78, 5) is 71.1. The van der Waals surface area contributed by atoms with Crippen molar-refractivity contribution in [3.63, 3.8) is 0 Å². The van der Waals surface area contributed by atoms with Crippen molar-refractivity contribution in [3.05, 3.63) is 35.0 Å². The number of piperazine rings is 1. The zero-order valence-electron chi connectivity index (χ0n) is 24.6. The third kappa shape index (κ3) is 7.25. The smallest absolute Gasteiger partial charge is 0.409 e. The first-order valence-corrected chi connectivity index (χ1v) is 13.8. The standard InChI is InChI=1S/C29H38N4O9/c1-6-40-27(38)29(4,5)42-24-18-9-8-17(3)16-20(18)31-23(22(24)25(30)36)19(10-11-21(34)35)26(37)32-12-14-33(15-13-32)28(39)41-7-2/h8-9,16,19H,6-7,10-15H2,1-5H3,(H2,30,36)(H,34,35). The molecule has 0 aliphatic carbocycles. The lowest BCUT2D eigenvalue weighted by molar-refractivity contribution is -0.158. The first kappa shape index (κ1) is 32.1. The van der Waals surface area contributed by atoms with Crippen molar-refractivity contribution in [2.45, 2.75) is 59.0 Å². The number of ether oxygens (including phenoxy) is 3. The van der Waals surface area contributed by atoms with Crippen LogP contribution in [0.4, 0.5) is 4.79 Å². The summed E-state index contributed by atoms with van der Waals surface area (Å²) in [5, 5.41) is 9.86. The van der Waals surface area contributed by atoms with Gasteiger partial charge in [-0.15, -0.1) is 0 Å². The number of nitrogens with two attached hydrogens (primary N) is 1. The molecular weight excluding hydrogens is 548 g/mol. The van der Waals surface area contributed by atoms with E-state index in [1.165, 1.54) is 23.6 Å². The van der Waals surface area contributed by atoms with Crippen LogP contribution in [-0.4, -0.2) is 94.7 Å². The van der Waals surface area contributed by atoms with Crippen LogP contribution in [-0.2, 0) is 23.9 Å². The number of carboxylic acid groups (broad SMARTS) is 1. The molecule has 1 saturated heterocycles. The number of nitrogens with zero attached hydrogens (tertiary/aromatic N) is 3. The predicted molar refractivity (Wildman–Crippen MR) is 151 cm³/mol. The van der Waals surface area contributed by atoms with E-state index < -0.39 is 47.8 Å². The fourth-order valence-electron chi connectivity index (χ4n) is 4.75. The van der Waals surface area contributed by atoms with Crippen LogP contribution in [0.25, 0.3) is 10.9 Å². The van der Waals surface area contributed by atoms with Gasteiger partial charge >= 0.3 is 18.0 Å². The third-order valence-corrected chi connectivity index (χ3v) is 6.88. The summed E-state index contributed by atoms with van der Waals surface area (Å²) in [6.07, 6.45) is -1.06. The highest BCUT2D eigenvalue weighted by Gasteiger charge is 2.38. The molecule has 13 nitrogen and oxygen atoms in total. The number of hydrogen-bond donors (Lipinski definition) is 2. The number of aromatic nitrogens is 1. The molecule has 0 bridgehead atoms. The van der Waals surface area contributed by atoms with Crippen LogP contribution in [0.1, 0.15) is 68.1 Å². The highest BCUT2D eigenvalue weighted by atomic mass is 16.6.